The Morgan fingerprint density at radius 1 is 1.23 bits per heavy atom. The lowest BCUT2D eigenvalue weighted by atomic mass is 10.2. The van der Waals surface area contributed by atoms with Crippen molar-refractivity contribution in [1.29, 1.82) is 0 Å². The van der Waals surface area contributed by atoms with E-state index >= 15 is 0 Å². The molecule has 1 saturated heterocycles. The lowest BCUT2D eigenvalue weighted by Gasteiger charge is -2.10. The molecule has 13 heavy (non-hydrogen) atoms. The first-order chi connectivity index (χ1) is 6.25. The zero-order valence-electron chi connectivity index (χ0n) is 6.89. The number of hydrogen-bond donors (Lipinski definition) is 1. The van der Waals surface area contributed by atoms with E-state index in [1.807, 2.05) is 12.1 Å². The summed E-state index contributed by atoms with van der Waals surface area (Å²) in [6.45, 7) is 1.60. The summed E-state index contributed by atoms with van der Waals surface area (Å²) in [5.41, 5.74) is 0.981. The van der Waals surface area contributed by atoms with Crippen molar-refractivity contribution in [2.24, 2.45) is 0 Å². The van der Waals surface area contributed by atoms with Crippen molar-refractivity contribution in [2.75, 3.05) is 13.2 Å². The maximum Gasteiger partial charge on any atom is 0.134 e. The summed E-state index contributed by atoms with van der Waals surface area (Å²) in [6, 6.07) is 5.43. The van der Waals surface area contributed by atoms with Crippen LogP contribution in [-0.4, -0.2) is 13.2 Å². The summed E-state index contributed by atoms with van der Waals surface area (Å²) in [4.78, 5) is 0. The number of benzene rings is 1. The number of rotatable bonds is 1. The molecule has 1 atom stereocenters. The molecular weight excluding hydrogens is 209 g/mol. The molecule has 1 aromatic carbocycles. The molecule has 1 N–H and O–H groups in total. The van der Waals surface area contributed by atoms with Gasteiger partial charge < -0.3 is 4.74 Å². The molecule has 2 rings (SSSR count). The summed E-state index contributed by atoms with van der Waals surface area (Å²) in [6.07, 6.45) is -0.0591. The van der Waals surface area contributed by atoms with Crippen LogP contribution in [0.2, 0.25) is 10.0 Å². The molecule has 70 valence electrons. The van der Waals surface area contributed by atoms with E-state index in [2.05, 4.69) is 5.32 Å². The molecule has 1 unspecified atom stereocenters. The minimum atomic E-state index is -0.0591. The van der Waals surface area contributed by atoms with Gasteiger partial charge >= 0.3 is 0 Å². The van der Waals surface area contributed by atoms with Crippen molar-refractivity contribution in [3.63, 3.8) is 0 Å². The minimum absolute atomic E-state index is 0.0591. The van der Waals surface area contributed by atoms with Crippen molar-refractivity contribution in [3.05, 3.63) is 33.8 Å². The third-order valence-corrected chi connectivity index (χ3v) is 2.34. The molecular formula is C9H9Cl2NO. The van der Waals surface area contributed by atoms with Gasteiger partial charge in [0.25, 0.3) is 0 Å². The van der Waals surface area contributed by atoms with Crippen LogP contribution in [0.5, 0.6) is 0 Å². The third kappa shape index (κ3) is 2.15. The van der Waals surface area contributed by atoms with E-state index in [1.54, 1.807) is 6.07 Å². The van der Waals surface area contributed by atoms with E-state index in [0.29, 0.717) is 10.0 Å². The fourth-order valence-corrected chi connectivity index (χ4v) is 1.91. The molecule has 1 aliphatic heterocycles. The lowest BCUT2D eigenvalue weighted by Crippen LogP contribution is -2.13. The van der Waals surface area contributed by atoms with Gasteiger partial charge in [-0.2, -0.15) is 0 Å². The van der Waals surface area contributed by atoms with Gasteiger partial charge in [-0.3, -0.25) is 5.32 Å². The largest absolute Gasteiger partial charge is 0.358 e. The molecule has 2 nitrogen and oxygen atoms in total. The van der Waals surface area contributed by atoms with Crippen LogP contribution in [0.25, 0.3) is 0 Å². The highest BCUT2D eigenvalue weighted by Gasteiger charge is 2.17. The molecule has 1 aromatic rings. The molecule has 0 radical (unpaired) electrons. The maximum absolute atomic E-state index is 5.86. The average molecular weight is 218 g/mol. The van der Waals surface area contributed by atoms with Gasteiger partial charge in [0, 0.05) is 16.6 Å². The fourth-order valence-electron chi connectivity index (χ4n) is 1.37. The number of halogens is 2. The van der Waals surface area contributed by atoms with Gasteiger partial charge in [-0.25, -0.2) is 0 Å². The Morgan fingerprint density at radius 3 is 2.46 bits per heavy atom. The quantitative estimate of drug-likeness (QED) is 0.782. The summed E-state index contributed by atoms with van der Waals surface area (Å²) in [7, 11) is 0. The second-order valence-corrected chi connectivity index (χ2v) is 3.78. The highest BCUT2D eigenvalue weighted by atomic mass is 35.5. The first kappa shape index (κ1) is 9.28. The first-order valence-corrected chi connectivity index (χ1v) is 4.82. The molecule has 0 bridgehead atoms. The number of hydrogen-bond acceptors (Lipinski definition) is 2. The summed E-state index contributed by atoms with van der Waals surface area (Å²) in [5, 5.41) is 4.47. The molecule has 0 spiro atoms. The Morgan fingerprint density at radius 2 is 1.92 bits per heavy atom. The average Bonchev–Trinajstić information content (AvgIpc) is 2.53. The topological polar surface area (TPSA) is 21.3 Å². The van der Waals surface area contributed by atoms with Gasteiger partial charge in [-0.05, 0) is 23.8 Å². The van der Waals surface area contributed by atoms with E-state index < -0.39 is 0 Å². The Hall–Kier alpha value is -0.280. The normalized spacial score (nSPS) is 22.2. The van der Waals surface area contributed by atoms with Crippen LogP contribution in [0.1, 0.15) is 11.8 Å². The predicted molar refractivity (Wildman–Crippen MR) is 53.2 cm³/mol. The minimum Gasteiger partial charge on any atom is -0.358 e. The highest BCUT2D eigenvalue weighted by molar-refractivity contribution is 6.34. The molecule has 1 heterocycles. The van der Waals surface area contributed by atoms with Gasteiger partial charge in [-0.1, -0.05) is 23.2 Å². The van der Waals surface area contributed by atoms with Gasteiger partial charge in [0.2, 0.25) is 0 Å². The first-order valence-electron chi connectivity index (χ1n) is 4.07. The number of nitrogens with one attached hydrogen (secondary N) is 1. The van der Waals surface area contributed by atoms with Gasteiger partial charge in [0.15, 0.2) is 0 Å². The van der Waals surface area contributed by atoms with E-state index in [-0.39, 0.29) is 6.23 Å². The lowest BCUT2D eigenvalue weighted by molar-refractivity contribution is 0.102. The van der Waals surface area contributed by atoms with Crippen molar-refractivity contribution in [1.82, 2.24) is 5.32 Å². The molecule has 0 aromatic heterocycles. The summed E-state index contributed by atoms with van der Waals surface area (Å²) in [5.74, 6) is 0. The molecule has 1 aliphatic rings. The molecule has 0 amide bonds. The van der Waals surface area contributed by atoms with E-state index in [0.717, 1.165) is 18.7 Å². The van der Waals surface area contributed by atoms with Gasteiger partial charge in [-0.15, -0.1) is 0 Å². The highest BCUT2D eigenvalue weighted by Crippen LogP contribution is 2.25. The molecule has 0 aliphatic carbocycles. The SMILES string of the molecule is Clc1cc(Cl)cc(C2NCCO2)c1. The molecule has 0 saturated carbocycles. The zero-order chi connectivity index (χ0) is 9.26. The van der Waals surface area contributed by atoms with Crippen LogP contribution in [0.3, 0.4) is 0 Å². The van der Waals surface area contributed by atoms with Crippen molar-refractivity contribution < 1.29 is 4.74 Å². The van der Waals surface area contributed by atoms with Gasteiger partial charge in [0.1, 0.15) is 6.23 Å². The monoisotopic (exact) mass is 217 g/mol. The zero-order valence-corrected chi connectivity index (χ0v) is 8.40. The Labute approximate surface area is 86.8 Å². The van der Waals surface area contributed by atoms with Gasteiger partial charge in [0.05, 0.1) is 6.61 Å². The van der Waals surface area contributed by atoms with E-state index in [1.165, 1.54) is 0 Å². The Bertz CT molecular complexity index is 290. The van der Waals surface area contributed by atoms with Crippen LogP contribution >= 0.6 is 23.2 Å². The van der Waals surface area contributed by atoms with Crippen molar-refractivity contribution >= 4 is 23.2 Å². The van der Waals surface area contributed by atoms with Crippen LogP contribution in [0.15, 0.2) is 18.2 Å². The Balaban J connectivity index is 2.28. The second-order valence-electron chi connectivity index (χ2n) is 2.91. The molecule has 1 fully saturated rings. The van der Waals surface area contributed by atoms with E-state index in [9.17, 15) is 0 Å². The van der Waals surface area contributed by atoms with Crippen LogP contribution in [0, 0.1) is 0 Å². The van der Waals surface area contributed by atoms with Crippen LogP contribution < -0.4 is 5.32 Å². The smallest absolute Gasteiger partial charge is 0.134 e. The third-order valence-electron chi connectivity index (χ3n) is 1.90. The van der Waals surface area contributed by atoms with Crippen LogP contribution in [0.4, 0.5) is 0 Å². The fraction of sp³-hybridized carbons (Fsp3) is 0.333. The second kappa shape index (κ2) is 3.84. The predicted octanol–water partition coefficient (Wildman–Crippen LogP) is 2.61. The standard InChI is InChI=1S/C9H9Cl2NO/c10-7-3-6(4-8(11)5-7)9-12-1-2-13-9/h3-5,9,12H,1-2H2. The van der Waals surface area contributed by atoms with Crippen LogP contribution in [-0.2, 0) is 4.74 Å². The van der Waals surface area contributed by atoms with E-state index in [4.69, 9.17) is 27.9 Å². The van der Waals surface area contributed by atoms with Crippen molar-refractivity contribution in [3.8, 4) is 0 Å². The summed E-state index contributed by atoms with van der Waals surface area (Å²) < 4.78 is 5.42. The summed E-state index contributed by atoms with van der Waals surface area (Å²) >= 11 is 11.7. The molecule has 4 heteroatoms. The maximum atomic E-state index is 5.86. The van der Waals surface area contributed by atoms with Crippen molar-refractivity contribution in [2.45, 2.75) is 6.23 Å². The number of ether oxygens (including phenoxy) is 1. The Kier molecular flexibility index (Phi) is 2.74.